The number of nitrogens with two attached hydrogens (primary N) is 1. The number of carbonyl (C=O) groups is 1. The molecule has 1 aromatic heterocycles. The normalized spacial score (nSPS) is 12.4. The summed E-state index contributed by atoms with van der Waals surface area (Å²) in [4.78, 5) is 31.1. The van der Waals surface area contributed by atoms with Crippen molar-refractivity contribution in [3.8, 4) is 0 Å². The Morgan fingerprint density at radius 3 is 2.42 bits per heavy atom. The van der Waals surface area contributed by atoms with E-state index < -0.39 is 20.2 Å². The molecule has 0 bridgehead atoms. The van der Waals surface area contributed by atoms with E-state index in [0.29, 0.717) is 27.4 Å². The molecular formula is C21H17N5O5S2. The molecule has 4 rings (SSSR count). The number of nitrogens with one attached hydrogen (secondary N) is 2. The highest BCUT2D eigenvalue weighted by molar-refractivity contribution is 8.00. The van der Waals surface area contributed by atoms with Crippen LogP contribution in [0.3, 0.4) is 0 Å². The maximum absolute atomic E-state index is 13.2. The van der Waals surface area contributed by atoms with Crippen molar-refractivity contribution in [1.82, 2.24) is 9.97 Å². The molecule has 1 amide bonds. The molecule has 1 unspecified atom stereocenters. The molecule has 12 heteroatoms. The molecular weight excluding hydrogens is 466 g/mol. The number of rotatable bonds is 7. The zero-order valence-corrected chi connectivity index (χ0v) is 18.5. The summed E-state index contributed by atoms with van der Waals surface area (Å²) in [7, 11) is -3.84. The van der Waals surface area contributed by atoms with Gasteiger partial charge in [0.05, 0.1) is 20.9 Å². The molecule has 0 aliphatic carbocycles. The number of primary sulfonamides is 1. The van der Waals surface area contributed by atoms with Crippen LogP contribution in [0, 0.1) is 10.1 Å². The molecule has 0 spiro atoms. The number of nitro groups is 1. The van der Waals surface area contributed by atoms with E-state index in [1.807, 2.05) is 6.07 Å². The van der Waals surface area contributed by atoms with E-state index in [-0.39, 0.29) is 16.5 Å². The predicted molar refractivity (Wildman–Crippen MR) is 124 cm³/mol. The molecule has 4 aromatic rings. The number of benzene rings is 3. The number of amides is 1. The third-order valence-corrected chi connectivity index (χ3v) is 6.74. The quantitative estimate of drug-likeness (QED) is 0.205. The number of carbonyl (C=O) groups excluding carboxylic acids is 1. The lowest BCUT2D eigenvalue weighted by atomic mass is 10.1. The van der Waals surface area contributed by atoms with Crippen LogP contribution < -0.4 is 10.5 Å². The van der Waals surface area contributed by atoms with Crippen molar-refractivity contribution in [3.63, 3.8) is 0 Å². The van der Waals surface area contributed by atoms with Gasteiger partial charge < -0.3 is 10.3 Å². The Morgan fingerprint density at radius 1 is 1.09 bits per heavy atom. The third-order valence-electron chi connectivity index (χ3n) is 4.67. The number of fused-ring (bicyclic) bond motifs is 1. The zero-order chi connectivity index (χ0) is 23.6. The van der Waals surface area contributed by atoms with Gasteiger partial charge in [0.2, 0.25) is 15.9 Å². The van der Waals surface area contributed by atoms with Crippen LogP contribution in [0.25, 0.3) is 11.0 Å². The third kappa shape index (κ3) is 5.19. The Balaban J connectivity index is 1.61. The summed E-state index contributed by atoms with van der Waals surface area (Å²) in [6.07, 6.45) is 0. The van der Waals surface area contributed by atoms with Crippen molar-refractivity contribution in [2.75, 3.05) is 5.32 Å². The molecule has 10 nitrogen and oxygen atoms in total. The van der Waals surface area contributed by atoms with Gasteiger partial charge in [-0.25, -0.2) is 18.5 Å². The first-order valence-corrected chi connectivity index (χ1v) is 11.9. The number of thioether (sulfide) groups is 1. The first-order chi connectivity index (χ1) is 15.7. The average Bonchev–Trinajstić information content (AvgIpc) is 3.19. The number of nitro benzene ring substituents is 1. The van der Waals surface area contributed by atoms with Crippen molar-refractivity contribution in [2.24, 2.45) is 5.14 Å². The van der Waals surface area contributed by atoms with Gasteiger partial charge in [0, 0.05) is 17.8 Å². The van der Waals surface area contributed by atoms with Crippen LogP contribution in [0.1, 0.15) is 10.8 Å². The lowest BCUT2D eigenvalue weighted by Gasteiger charge is -2.16. The summed E-state index contributed by atoms with van der Waals surface area (Å²) in [6.45, 7) is 0. The predicted octanol–water partition coefficient (Wildman–Crippen LogP) is 3.59. The summed E-state index contributed by atoms with van der Waals surface area (Å²) in [5.74, 6) is -0.360. The molecule has 0 aliphatic rings. The Morgan fingerprint density at radius 2 is 1.79 bits per heavy atom. The van der Waals surface area contributed by atoms with Crippen LogP contribution in [-0.4, -0.2) is 29.2 Å². The van der Waals surface area contributed by atoms with Gasteiger partial charge in [0.15, 0.2) is 5.16 Å². The smallest absolute Gasteiger partial charge is 0.271 e. The van der Waals surface area contributed by atoms with Gasteiger partial charge in [-0.2, -0.15) is 0 Å². The standard InChI is InChI=1S/C21H17N5O5S2/c22-33(30,31)16-9-6-14(7-10-16)23-20(27)19(13-4-2-1-3-5-13)32-21-24-17-11-8-15(26(28)29)12-18(17)25-21/h1-12,19H,(H,23,27)(H,24,25)(H2,22,30,31). The van der Waals surface area contributed by atoms with Crippen LogP contribution in [0.2, 0.25) is 0 Å². The molecule has 0 saturated heterocycles. The zero-order valence-electron chi connectivity index (χ0n) is 16.8. The number of hydrogen-bond donors (Lipinski definition) is 3. The minimum Gasteiger partial charge on any atom is -0.333 e. The van der Waals surface area contributed by atoms with E-state index in [2.05, 4.69) is 15.3 Å². The Bertz CT molecular complexity index is 1440. The molecule has 4 N–H and O–H groups in total. The minimum atomic E-state index is -3.84. The van der Waals surface area contributed by atoms with Gasteiger partial charge in [-0.3, -0.25) is 14.9 Å². The van der Waals surface area contributed by atoms with Crippen molar-refractivity contribution in [2.45, 2.75) is 15.3 Å². The number of nitrogens with zero attached hydrogens (tertiary/aromatic N) is 2. The van der Waals surface area contributed by atoms with Gasteiger partial charge in [0.25, 0.3) is 5.69 Å². The number of sulfonamides is 1. The Hall–Kier alpha value is -3.74. The fourth-order valence-electron chi connectivity index (χ4n) is 3.09. The topological polar surface area (TPSA) is 161 Å². The number of hydrogen-bond acceptors (Lipinski definition) is 7. The molecule has 168 valence electrons. The van der Waals surface area contributed by atoms with Crippen molar-refractivity contribution >= 4 is 50.1 Å². The maximum Gasteiger partial charge on any atom is 0.271 e. The van der Waals surface area contributed by atoms with Crippen LogP contribution >= 0.6 is 11.8 Å². The van der Waals surface area contributed by atoms with Crippen molar-refractivity contribution < 1.29 is 18.1 Å². The van der Waals surface area contributed by atoms with Crippen molar-refractivity contribution in [3.05, 3.63) is 88.5 Å². The second kappa shape index (κ2) is 9.02. The summed E-state index contributed by atoms with van der Waals surface area (Å²) in [5.41, 5.74) is 2.07. The van der Waals surface area contributed by atoms with Gasteiger partial charge in [-0.05, 0) is 35.9 Å². The number of H-pyrrole nitrogens is 1. The number of imidazole rings is 1. The van der Waals surface area contributed by atoms with E-state index in [9.17, 15) is 23.3 Å². The second-order valence-electron chi connectivity index (χ2n) is 6.97. The molecule has 1 atom stereocenters. The minimum absolute atomic E-state index is 0.0640. The highest BCUT2D eigenvalue weighted by atomic mass is 32.2. The monoisotopic (exact) mass is 483 g/mol. The van der Waals surface area contributed by atoms with Crippen LogP contribution in [0.15, 0.2) is 82.8 Å². The molecule has 0 radical (unpaired) electrons. The average molecular weight is 484 g/mol. The first kappa shape index (κ1) is 22.5. The fourth-order valence-corrected chi connectivity index (χ4v) is 4.61. The Labute approximate surface area is 192 Å². The summed E-state index contributed by atoms with van der Waals surface area (Å²) < 4.78 is 22.9. The first-order valence-electron chi connectivity index (χ1n) is 9.50. The molecule has 0 fully saturated rings. The second-order valence-corrected chi connectivity index (χ2v) is 9.62. The summed E-state index contributed by atoms with van der Waals surface area (Å²) >= 11 is 1.15. The maximum atomic E-state index is 13.2. The number of aromatic amines is 1. The van der Waals surface area contributed by atoms with Crippen LogP contribution in [0.5, 0.6) is 0 Å². The van der Waals surface area contributed by atoms with Crippen LogP contribution in [-0.2, 0) is 14.8 Å². The SMILES string of the molecule is NS(=O)(=O)c1ccc(NC(=O)C(Sc2nc3ccc([N+](=O)[O-])cc3[nH]2)c2ccccc2)cc1. The van der Waals surface area contributed by atoms with E-state index in [0.717, 1.165) is 11.8 Å². The number of aromatic nitrogens is 2. The Kier molecular flexibility index (Phi) is 6.14. The molecule has 3 aromatic carbocycles. The lowest BCUT2D eigenvalue weighted by Crippen LogP contribution is -2.19. The van der Waals surface area contributed by atoms with E-state index >= 15 is 0 Å². The van der Waals surface area contributed by atoms with E-state index in [1.165, 1.54) is 36.4 Å². The highest BCUT2D eigenvalue weighted by Crippen LogP contribution is 2.36. The highest BCUT2D eigenvalue weighted by Gasteiger charge is 2.24. The molecule has 33 heavy (non-hydrogen) atoms. The molecule has 1 heterocycles. The number of non-ortho nitro benzene ring substituents is 1. The summed E-state index contributed by atoms with van der Waals surface area (Å²) in [5, 5.41) is 18.6. The van der Waals surface area contributed by atoms with Gasteiger partial charge in [-0.15, -0.1) is 0 Å². The van der Waals surface area contributed by atoms with Crippen molar-refractivity contribution in [1.29, 1.82) is 0 Å². The van der Waals surface area contributed by atoms with Gasteiger partial charge in [0.1, 0.15) is 5.25 Å². The van der Waals surface area contributed by atoms with Gasteiger partial charge >= 0.3 is 0 Å². The molecule has 0 aliphatic heterocycles. The number of anilines is 1. The lowest BCUT2D eigenvalue weighted by molar-refractivity contribution is -0.384. The largest absolute Gasteiger partial charge is 0.333 e. The fraction of sp³-hybridized carbons (Fsp3) is 0.0476. The summed E-state index contributed by atoms with van der Waals surface area (Å²) in [6, 6.07) is 18.8. The van der Waals surface area contributed by atoms with Gasteiger partial charge in [-0.1, -0.05) is 42.1 Å². The van der Waals surface area contributed by atoms with E-state index in [4.69, 9.17) is 5.14 Å². The molecule has 0 saturated carbocycles. The van der Waals surface area contributed by atoms with E-state index in [1.54, 1.807) is 30.3 Å². The van der Waals surface area contributed by atoms with Crippen LogP contribution in [0.4, 0.5) is 11.4 Å².